The first-order valence-corrected chi connectivity index (χ1v) is 10.2. The van der Waals surface area contributed by atoms with Crippen molar-refractivity contribution < 1.29 is 18.7 Å². The van der Waals surface area contributed by atoms with E-state index >= 15 is 0 Å². The highest BCUT2D eigenvalue weighted by atomic mass is 19.1. The molecular weight excluding hydrogens is 397 g/mol. The van der Waals surface area contributed by atoms with Crippen LogP contribution in [0.3, 0.4) is 0 Å². The van der Waals surface area contributed by atoms with Crippen LogP contribution in [0.25, 0.3) is 11.1 Å². The Kier molecular flexibility index (Phi) is 5.84. The number of Topliss-reactive ketones (excluding diaryl/α,β-unsaturated/α-hetero) is 1. The Morgan fingerprint density at radius 1 is 1.23 bits per heavy atom. The molecule has 31 heavy (non-hydrogen) atoms. The molecule has 0 radical (unpaired) electrons. The summed E-state index contributed by atoms with van der Waals surface area (Å²) in [5, 5.41) is 4.28. The summed E-state index contributed by atoms with van der Waals surface area (Å²) in [5.74, 6) is -0.358. The zero-order valence-electron chi connectivity index (χ0n) is 17.5. The molecule has 3 aromatic rings. The number of nitrogens with zero attached hydrogens (tertiary/aromatic N) is 3. The number of carbonyl (C=O) groups is 2. The van der Waals surface area contributed by atoms with Crippen molar-refractivity contribution >= 4 is 17.6 Å². The maximum absolute atomic E-state index is 14.9. The zero-order chi connectivity index (χ0) is 22.0. The summed E-state index contributed by atoms with van der Waals surface area (Å²) in [7, 11) is 0. The highest BCUT2D eigenvalue weighted by molar-refractivity contribution is 5.90. The summed E-state index contributed by atoms with van der Waals surface area (Å²) in [4.78, 5) is 24.7. The molecule has 0 spiro atoms. The van der Waals surface area contributed by atoms with Gasteiger partial charge < -0.3 is 9.53 Å². The van der Waals surface area contributed by atoms with Crippen LogP contribution in [-0.4, -0.2) is 34.3 Å². The van der Waals surface area contributed by atoms with Gasteiger partial charge in [0.1, 0.15) is 17.7 Å². The van der Waals surface area contributed by atoms with E-state index in [-0.39, 0.29) is 11.9 Å². The van der Waals surface area contributed by atoms with Crippen LogP contribution in [-0.2, 0) is 16.1 Å². The van der Waals surface area contributed by atoms with Gasteiger partial charge in [0, 0.05) is 18.2 Å². The predicted molar refractivity (Wildman–Crippen MR) is 115 cm³/mol. The molecule has 6 nitrogen and oxygen atoms in total. The summed E-state index contributed by atoms with van der Waals surface area (Å²) in [6, 6.07) is 12.4. The Labute approximate surface area is 180 Å². The van der Waals surface area contributed by atoms with E-state index < -0.39 is 11.9 Å². The van der Waals surface area contributed by atoms with Crippen LogP contribution < -0.4 is 4.90 Å². The molecule has 2 aromatic carbocycles. The smallest absolute Gasteiger partial charge is 0.414 e. The van der Waals surface area contributed by atoms with Crippen molar-refractivity contribution in [3.05, 3.63) is 71.8 Å². The number of hydrogen-bond donors (Lipinski definition) is 0. The number of carbonyl (C=O) groups excluding carboxylic acids is 2. The van der Waals surface area contributed by atoms with E-state index in [1.54, 1.807) is 12.1 Å². The largest absolute Gasteiger partial charge is 0.444 e. The fraction of sp³-hybridized carbons (Fsp3) is 0.292. The van der Waals surface area contributed by atoms with Crippen molar-refractivity contribution in [2.24, 2.45) is 0 Å². The van der Waals surface area contributed by atoms with Crippen molar-refractivity contribution in [2.75, 3.05) is 11.4 Å². The summed E-state index contributed by atoms with van der Waals surface area (Å²) >= 11 is 0. The minimum absolute atomic E-state index is 0.0515. The number of amides is 1. The molecule has 2 heterocycles. The van der Waals surface area contributed by atoms with Gasteiger partial charge in [-0.25, -0.2) is 9.18 Å². The first kappa shape index (κ1) is 20.8. The van der Waals surface area contributed by atoms with Gasteiger partial charge >= 0.3 is 6.09 Å². The van der Waals surface area contributed by atoms with E-state index in [0.717, 1.165) is 16.7 Å². The lowest BCUT2D eigenvalue weighted by atomic mass is 10.0. The Balaban J connectivity index is 1.46. The average Bonchev–Trinajstić information content (AvgIpc) is 3.32. The van der Waals surface area contributed by atoms with Crippen LogP contribution in [0.15, 0.2) is 54.9 Å². The quantitative estimate of drug-likeness (QED) is 0.553. The predicted octanol–water partition coefficient (Wildman–Crippen LogP) is 4.74. The van der Waals surface area contributed by atoms with E-state index in [1.165, 1.54) is 17.9 Å². The highest BCUT2D eigenvalue weighted by Crippen LogP contribution is 2.30. The second-order valence-corrected chi connectivity index (χ2v) is 7.93. The molecule has 1 amide bonds. The third-order valence-electron chi connectivity index (χ3n) is 5.33. The molecule has 0 bridgehead atoms. The molecule has 0 saturated carbocycles. The molecule has 1 fully saturated rings. The van der Waals surface area contributed by atoms with Gasteiger partial charge in [0.2, 0.25) is 0 Å². The van der Waals surface area contributed by atoms with E-state index in [4.69, 9.17) is 4.74 Å². The normalized spacial score (nSPS) is 15.9. The van der Waals surface area contributed by atoms with Crippen LogP contribution in [0, 0.1) is 12.7 Å². The van der Waals surface area contributed by atoms with Crippen LogP contribution in [0.4, 0.5) is 14.9 Å². The standard InChI is InChI=1S/C24H24FN3O3/c1-16-12-26-27(13-16)14-18-4-6-19(7-5-18)22-10-8-20(11-23(22)25)28-15-21(31-24(28)30)9-3-17(2)29/h4-8,10-13,21H,3,9,14-15H2,1-2H3/t21-/m0/s1. The maximum Gasteiger partial charge on any atom is 0.414 e. The van der Waals surface area contributed by atoms with Crippen LogP contribution in [0.1, 0.15) is 30.9 Å². The number of ether oxygens (including phenoxy) is 1. The first-order chi connectivity index (χ1) is 14.9. The summed E-state index contributed by atoms with van der Waals surface area (Å²) in [6.07, 6.45) is 3.74. The number of rotatable bonds is 7. The SMILES string of the molecule is CC(=O)CC[C@H]1CN(c2ccc(-c3ccc(Cn4cc(C)cn4)cc3)c(F)c2)C(=O)O1. The molecule has 160 valence electrons. The number of aryl methyl sites for hydroxylation is 1. The molecule has 1 saturated heterocycles. The minimum Gasteiger partial charge on any atom is -0.444 e. The molecule has 1 aliphatic rings. The number of benzene rings is 2. The van der Waals surface area contributed by atoms with Crippen molar-refractivity contribution in [3.8, 4) is 11.1 Å². The van der Waals surface area contributed by atoms with E-state index in [9.17, 15) is 14.0 Å². The van der Waals surface area contributed by atoms with Crippen LogP contribution in [0.2, 0.25) is 0 Å². The molecule has 0 N–H and O–H groups in total. The monoisotopic (exact) mass is 421 g/mol. The molecule has 0 unspecified atom stereocenters. The van der Waals surface area contributed by atoms with Gasteiger partial charge in [-0.15, -0.1) is 0 Å². The topological polar surface area (TPSA) is 64.4 Å². The molecule has 1 aromatic heterocycles. The van der Waals surface area contributed by atoms with Gasteiger partial charge in [-0.3, -0.25) is 9.58 Å². The Morgan fingerprint density at radius 2 is 2.00 bits per heavy atom. The van der Waals surface area contributed by atoms with E-state index in [2.05, 4.69) is 5.10 Å². The van der Waals surface area contributed by atoms with Gasteiger partial charge in [0.25, 0.3) is 0 Å². The highest BCUT2D eigenvalue weighted by Gasteiger charge is 2.32. The first-order valence-electron chi connectivity index (χ1n) is 10.2. The number of hydrogen-bond acceptors (Lipinski definition) is 4. The number of anilines is 1. The van der Waals surface area contributed by atoms with Gasteiger partial charge in [-0.05, 0) is 55.2 Å². The second-order valence-electron chi connectivity index (χ2n) is 7.93. The van der Waals surface area contributed by atoms with Gasteiger partial charge in [0.15, 0.2) is 0 Å². The molecule has 1 atom stereocenters. The summed E-state index contributed by atoms with van der Waals surface area (Å²) in [5.41, 5.74) is 3.84. The lowest BCUT2D eigenvalue weighted by Crippen LogP contribution is -2.24. The van der Waals surface area contributed by atoms with Crippen molar-refractivity contribution in [3.63, 3.8) is 0 Å². The number of ketones is 1. The summed E-state index contributed by atoms with van der Waals surface area (Å²) in [6.45, 7) is 4.46. The van der Waals surface area contributed by atoms with Crippen molar-refractivity contribution in [2.45, 2.75) is 39.3 Å². The maximum atomic E-state index is 14.9. The van der Waals surface area contributed by atoms with E-state index in [0.29, 0.717) is 37.2 Å². The average molecular weight is 421 g/mol. The summed E-state index contributed by atoms with van der Waals surface area (Å²) < 4.78 is 22.0. The molecule has 1 aliphatic heterocycles. The Bertz CT molecular complexity index is 1110. The number of halogens is 1. The Morgan fingerprint density at radius 3 is 2.65 bits per heavy atom. The lowest BCUT2D eigenvalue weighted by Gasteiger charge is -2.14. The van der Waals surface area contributed by atoms with Gasteiger partial charge in [-0.2, -0.15) is 5.10 Å². The second kappa shape index (κ2) is 8.71. The third kappa shape index (κ3) is 4.82. The third-order valence-corrected chi connectivity index (χ3v) is 5.33. The molecular formula is C24H24FN3O3. The molecule has 4 rings (SSSR count). The van der Waals surface area contributed by atoms with Crippen molar-refractivity contribution in [1.82, 2.24) is 9.78 Å². The minimum atomic E-state index is -0.515. The fourth-order valence-corrected chi connectivity index (χ4v) is 3.68. The zero-order valence-corrected chi connectivity index (χ0v) is 17.5. The molecule has 0 aliphatic carbocycles. The number of cyclic esters (lactones) is 1. The Hall–Kier alpha value is -3.48. The van der Waals surface area contributed by atoms with E-state index in [1.807, 2.05) is 48.3 Å². The van der Waals surface area contributed by atoms with Crippen molar-refractivity contribution in [1.29, 1.82) is 0 Å². The van der Waals surface area contributed by atoms with Crippen LogP contribution >= 0.6 is 0 Å². The number of aromatic nitrogens is 2. The van der Waals surface area contributed by atoms with Gasteiger partial charge in [-0.1, -0.05) is 24.3 Å². The van der Waals surface area contributed by atoms with Crippen LogP contribution in [0.5, 0.6) is 0 Å². The fourth-order valence-electron chi connectivity index (χ4n) is 3.68. The lowest BCUT2D eigenvalue weighted by molar-refractivity contribution is -0.117. The van der Waals surface area contributed by atoms with Gasteiger partial charge in [0.05, 0.1) is 25.0 Å². The molecule has 7 heteroatoms.